The number of hydrogen-bond acceptors (Lipinski definition) is 2. The van der Waals surface area contributed by atoms with Gasteiger partial charge in [-0.15, -0.1) is 0 Å². The van der Waals surface area contributed by atoms with E-state index in [1.807, 2.05) is 13.0 Å². The number of carbonyl (C=O) groups is 1. The second kappa shape index (κ2) is 7.22. The van der Waals surface area contributed by atoms with Crippen LogP contribution in [0.2, 0.25) is 5.02 Å². The van der Waals surface area contributed by atoms with E-state index in [9.17, 15) is 13.6 Å². The molecule has 0 unspecified atom stereocenters. The van der Waals surface area contributed by atoms with Gasteiger partial charge in [0.1, 0.15) is 5.75 Å². The fourth-order valence-corrected chi connectivity index (χ4v) is 2.13. The summed E-state index contributed by atoms with van der Waals surface area (Å²) in [5.41, 5.74) is 1.23. The molecule has 0 spiro atoms. The highest BCUT2D eigenvalue weighted by molar-refractivity contribution is 6.30. The lowest BCUT2D eigenvalue weighted by atomic mass is 10.1. The van der Waals surface area contributed by atoms with E-state index in [1.165, 1.54) is 24.3 Å². The first kappa shape index (κ1) is 16.2. The van der Waals surface area contributed by atoms with Crippen LogP contribution in [0, 0.1) is 0 Å². The Labute approximate surface area is 131 Å². The molecule has 0 aromatic heterocycles. The highest BCUT2D eigenvalue weighted by atomic mass is 35.5. The summed E-state index contributed by atoms with van der Waals surface area (Å²) in [5.74, 6) is -0.300. The highest BCUT2D eigenvalue weighted by Crippen LogP contribution is 2.19. The van der Waals surface area contributed by atoms with Gasteiger partial charge in [0.2, 0.25) is 0 Å². The second-order valence-electron chi connectivity index (χ2n) is 4.65. The van der Waals surface area contributed by atoms with E-state index in [0.717, 1.165) is 5.56 Å². The van der Waals surface area contributed by atoms with Crippen LogP contribution in [-0.4, -0.2) is 12.5 Å². The van der Waals surface area contributed by atoms with E-state index in [0.29, 0.717) is 10.6 Å². The third kappa shape index (κ3) is 4.43. The van der Waals surface area contributed by atoms with Gasteiger partial charge in [-0.05, 0) is 48.9 Å². The lowest BCUT2D eigenvalue weighted by Crippen LogP contribution is -2.26. The number of benzene rings is 2. The molecule has 0 aliphatic rings. The molecule has 3 nitrogen and oxygen atoms in total. The van der Waals surface area contributed by atoms with Crippen LogP contribution in [0.3, 0.4) is 0 Å². The lowest BCUT2D eigenvalue weighted by molar-refractivity contribution is -0.0498. The number of rotatable bonds is 5. The lowest BCUT2D eigenvalue weighted by Gasteiger charge is -2.15. The van der Waals surface area contributed by atoms with Crippen molar-refractivity contribution in [2.24, 2.45) is 0 Å². The zero-order valence-corrected chi connectivity index (χ0v) is 12.5. The number of halogens is 3. The molecule has 22 heavy (non-hydrogen) atoms. The van der Waals surface area contributed by atoms with Crippen LogP contribution in [0.15, 0.2) is 48.5 Å². The molecule has 0 saturated carbocycles. The first-order chi connectivity index (χ1) is 10.5. The molecule has 0 aliphatic heterocycles. The van der Waals surface area contributed by atoms with Crippen LogP contribution in [-0.2, 0) is 0 Å². The average Bonchev–Trinajstić information content (AvgIpc) is 2.47. The van der Waals surface area contributed by atoms with E-state index >= 15 is 0 Å². The predicted octanol–water partition coefficient (Wildman–Crippen LogP) is 4.43. The van der Waals surface area contributed by atoms with Gasteiger partial charge >= 0.3 is 6.61 Å². The van der Waals surface area contributed by atoms with Gasteiger partial charge in [-0.1, -0.05) is 23.7 Å². The molecule has 2 rings (SSSR count). The zero-order chi connectivity index (χ0) is 16.1. The van der Waals surface area contributed by atoms with Crippen molar-refractivity contribution in [1.29, 1.82) is 0 Å². The predicted molar refractivity (Wildman–Crippen MR) is 80.4 cm³/mol. The van der Waals surface area contributed by atoms with Crippen molar-refractivity contribution in [3.8, 4) is 5.75 Å². The fourth-order valence-electron chi connectivity index (χ4n) is 1.93. The molecule has 0 heterocycles. The Balaban J connectivity index is 2.02. The van der Waals surface area contributed by atoms with Crippen LogP contribution < -0.4 is 10.1 Å². The second-order valence-corrected chi connectivity index (χ2v) is 5.09. The van der Waals surface area contributed by atoms with Crippen molar-refractivity contribution in [3.05, 3.63) is 64.7 Å². The number of alkyl halides is 2. The molecule has 0 saturated heterocycles. The molecule has 1 amide bonds. The molecule has 0 aliphatic carbocycles. The molecule has 1 atom stereocenters. The van der Waals surface area contributed by atoms with Crippen LogP contribution in [0.25, 0.3) is 0 Å². The third-order valence-electron chi connectivity index (χ3n) is 3.04. The van der Waals surface area contributed by atoms with E-state index in [1.54, 1.807) is 18.2 Å². The van der Waals surface area contributed by atoms with Crippen LogP contribution >= 0.6 is 11.6 Å². The molecule has 1 N–H and O–H groups in total. The zero-order valence-electron chi connectivity index (χ0n) is 11.7. The van der Waals surface area contributed by atoms with Crippen LogP contribution in [0.1, 0.15) is 28.9 Å². The summed E-state index contributed by atoms with van der Waals surface area (Å²) in [7, 11) is 0. The van der Waals surface area contributed by atoms with Crippen molar-refractivity contribution in [2.45, 2.75) is 19.6 Å². The van der Waals surface area contributed by atoms with Gasteiger partial charge in [-0.3, -0.25) is 4.79 Å². The first-order valence-corrected chi connectivity index (χ1v) is 6.94. The number of hydrogen-bond donors (Lipinski definition) is 1. The summed E-state index contributed by atoms with van der Waals surface area (Å²) in [4.78, 5) is 12.1. The van der Waals surface area contributed by atoms with Gasteiger partial charge in [-0.25, -0.2) is 0 Å². The smallest absolute Gasteiger partial charge is 0.387 e. The minimum Gasteiger partial charge on any atom is -0.435 e. The quantitative estimate of drug-likeness (QED) is 0.883. The fraction of sp³-hybridized carbons (Fsp3) is 0.188. The maximum absolute atomic E-state index is 12.1. The van der Waals surface area contributed by atoms with Crippen LogP contribution in [0.5, 0.6) is 5.75 Å². The monoisotopic (exact) mass is 325 g/mol. The van der Waals surface area contributed by atoms with Gasteiger partial charge in [-0.2, -0.15) is 8.78 Å². The van der Waals surface area contributed by atoms with Gasteiger partial charge in [0.15, 0.2) is 0 Å². The Morgan fingerprint density at radius 1 is 1.18 bits per heavy atom. The SMILES string of the molecule is C[C@H](NC(=O)c1ccc(OC(F)F)cc1)c1cccc(Cl)c1. The molecule has 6 heteroatoms. The van der Waals surface area contributed by atoms with Gasteiger partial charge in [0.25, 0.3) is 5.91 Å². The summed E-state index contributed by atoms with van der Waals surface area (Å²) in [6.45, 7) is -1.06. The minimum absolute atomic E-state index is 0.00874. The summed E-state index contributed by atoms with van der Waals surface area (Å²) in [5, 5.41) is 3.40. The number of carbonyl (C=O) groups excluding carboxylic acids is 1. The summed E-state index contributed by atoms with van der Waals surface area (Å²) < 4.78 is 28.4. The van der Waals surface area contributed by atoms with Crippen molar-refractivity contribution >= 4 is 17.5 Å². The maximum Gasteiger partial charge on any atom is 0.387 e. The molecular formula is C16H14ClF2NO2. The maximum atomic E-state index is 12.1. The largest absolute Gasteiger partial charge is 0.435 e. The Morgan fingerprint density at radius 3 is 2.45 bits per heavy atom. The Morgan fingerprint density at radius 2 is 1.86 bits per heavy atom. The van der Waals surface area contributed by atoms with E-state index in [-0.39, 0.29) is 17.7 Å². The van der Waals surface area contributed by atoms with Crippen molar-refractivity contribution < 1.29 is 18.3 Å². The van der Waals surface area contributed by atoms with Crippen molar-refractivity contribution in [1.82, 2.24) is 5.32 Å². The molecule has 0 radical (unpaired) electrons. The third-order valence-corrected chi connectivity index (χ3v) is 3.27. The standard InChI is InChI=1S/C16H14ClF2NO2/c1-10(12-3-2-4-13(17)9-12)20-15(21)11-5-7-14(8-6-11)22-16(18)19/h2-10,16H,1H3,(H,20,21)/t10-/m0/s1. The summed E-state index contributed by atoms with van der Waals surface area (Å²) in [6.07, 6.45) is 0. The van der Waals surface area contributed by atoms with Gasteiger partial charge < -0.3 is 10.1 Å². The van der Waals surface area contributed by atoms with E-state index < -0.39 is 6.61 Å². The van der Waals surface area contributed by atoms with E-state index in [4.69, 9.17) is 11.6 Å². The molecule has 0 fully saturated rings. The Hall–Kier alpha value is -2.14. The summed E-state index contributed by atoms with van der Waals surface area (Å²) >= 11 is 5.91. The molecule has 2 aromatic carbocycles. The number of nitrogens with one attached hydrogen (secondary N) is 1. The topological polar surface area (TPSA) is 38.3 Å². The molecule has 116 valence electrons. The minimum atomic E-state index is -2.89. The van der Waals surface area contributed by atoms with Gasteiger partial charge in [0, 0.05) is 10.6 Å². The van der Waals surface area contributed by atoms with Gasteiger partial charge in [0.05, 0.1) is 6.04 Å². The normalized spacial score (nSPS) is 12.0. The molecule has 0 bridgehead atoms. The summed E-state index contributed by atoms with van der Waals surface area (Å²) in [6, 6.07) is 12.5. The molecular weight excluding hydrogens is 312 g/mol. The van der Waals surface area contributed by atoms with Crippen molar-refractivity contribution in [3.63, 3.8) is 0 Å². The number of amides is 1. The average molecular weight is 326 g/mol. The Kier molecular flexibility index (Phi) is 5.33. The number of ether oxygens (including phenoxy) is 1. The van der Waals surface area contributed by atoms with Crippen LogP contribution in [0.4, 0.5) is 8.78 Å². The van der Waals surface area contributed by atoms with Crippen molar-refractivity contribution in [2.75, 3.05) is 0 Å². The highest BCUT2D eigenvalue weighted by Gasteiger charge is 2.12. The first-order valence-electron chi connectivity index (χ1n) is 6.57. The van der Waals surface area contributed by atoms with E-state index in [2.05, 4.69) is 10.1 Å². The molecule has 2 aromatic rings. The Bertz CT molecular complexity index is 647.